The zero-order valence-corrected chi connectivity index (χ0v) is 14.2. The van der Waals surface area contributed by atoms with Gasteiger partial charge < -0.3 is 14.8 Å². The van der Waals surface area contributed by atoms with Gasteiger partial charge in [-0.25, -0.2) is 4.79 Å². The number of anilines is 1. The maximum atomic E-state index is 12.1. The van der Waals surface area contributed by atoms with Crippen molar-refractivity contribution in [2.45, 2.75) is 13.3 Å². The van der Waals surface area contributed by atoms with Crippen LogP contribution in [-0.4, -0.2) is 25.6 Å². The van der Waals surface area contributed by atoms with Crippen molar-refractivity contribution in [1.29, 1.82) is 0 Å². The van der Waals surface area contributed by atoms with Crippen LogP contribution in [0.3, 0.4) is 0 Å². The maximum Gasteiger partial charge on any atom is 0.342 e. The molecule has 6 heteroatoms. The summed E-state index contributed by atoms with van der Waals surface area (Å²) < 4.78 is 10.1. The van der Waals surface area contributed by atoms with Gasteiger partial charge in [0.1, 0.15) is 11.3 Å². The van der Waals surface area contributed by atoms with Crippen molar-refractivity contribution in [2.24, 2.45) is 0 Å². The van der Waals surface area contributed by atoms with Crippen LogP contribution in [0.5, 0.6) is 5.75 Å². The highest BCUT2D eigenvalue weighted by Crippen LogP contribution is 2.23. The topological polar surface area (TPSA) is 64.6 Å². The number of aryl methyl sites for hydroxylation is 1. The second-order valence-corrected chi connectivity index (χ2v) is 5.46. The van der Waals surface area contributed by atoms with Gasteiger partial charge in [-0.3, -0.25) is 4.79 Å². The van der Waals surface area contributed by atoms with Crippen molar-refractivity contribution >= 4 is 29.2 Å². The van der Waals surface area contributed by atoms with Crippen LogP contribution in [0.1, 0.15) is 22.8 Å². The van der Waals surface area contributed by atoms with Crippen LogP contribution in [0.2, 0.25) is 5.02 Å². The summed E-state index contributed by atoms with van der Waals surface area (Å²) in [5, 5.41) is 3.07. The largest absolute Gasteiger partial charge is 0.496 e. The molecule has 0 radical (unpaired) electrons. The molecule has 0 saturated heterocycles. The lowest BCUT2D eigenvalue weighted by Crippen LogP contribution is -2.21. The van der Waals surface area contributed by atoms with Crippen molar-refractivity contribution in [3.05, 3.63) is 58.6 Å². The fourth-order valence-electron chi connectivity index (χ4n) is 2.11. The lowest BCUT2D eigenvalue weighted by molar-refractivity contribution is -0.119. The minimum absolute atomic E-state index is 0.172. The Morgan fingerprint density at radius 1 is 1.17 bits per heavy atom. The van der Waals surface area contributed by atoms with E-state index in [2.05, 4.69) is 5.32 Å². The molecule has 0 atom stereocenters. The van der Waals surface area contributed by atoms with Gasteiger partial charge >= 0.3 is 5.97 Å². The Balaban J connectivity index is 1.96. The molecular formula is C18H18ClNO4. The van der Waals surface area contributed by atoms with Gasteiger partial charge in [-0.05, 0) is 42.3 Å². The van der Waals surface area contributed by atoms with Gasteiger partial charge in [0.05, 0.1) is 7.11 Å². The van der Waals surface area contributed by atoms with E-state index in [1.165, 1.54) is 13.2 Å². The number of ether oxygens (including phenoxy) is 2. The number of carbonyl (C=O) groups is 2. The molecule has 0 aromatic heterocycles. The summed E-state index contributed by atoms with van der Waals surface area (Å²) in [4.78, 5) is 24.0. The first kappa shape index (κ1) is 17.8. The van der Waals surface area contributed by atoms with Crippen LogP contribution in [0, 0.1) is 0 Å². The summed E-state index contributed by atoms with van der Waals surface area (Å²) in [5.41, 5.74) is 1.94. The van der Waals surface area contributed by atoms with Gasteiger partial charge in [0, 0.05) is 10.7 Å². The molecule has 126 valence electrons. The average Bonchev–Trinajstić information content (AvgIpc) is 2.59. The number of rotatable bonds is 6. The third kappa shape index (κ3) is 4.73. The molecular weight excluding hydrogens is 330 g/mol. The Kier molecular flexibility index (Phi) is 6.21. The molecule has 1 amide bonds. The Hall–Kier alpha value is -2.53. The number of carbonyl (C=O) groups excluding carboxylic acids is 2. The van der Waals surface area contributed by atoms with Gasteiger partial charge in [0.2, 0.25) is 0 Å². The van der Waals surface area contributed by atoms with Crippen molar-refractivity contribution in [3.63, 3.8) is 0 Å². The van der Waals surface area contributed by atoms with E-state index in [-0.39, 0.29) is 5.56 Å². The number of halogens is 1. The third-order valence-corrected chi connectivity index (χ3v) is 3.57. The van der Waals surface area contributed by atoms with Crippen LogP contribution in [0.15, 0.2) is 42.5 Å². The van der Waals surface area contributed by atoms with E-state index in [0.29, 0.717) is 16.5 Å². The van der Waals surface area contributed by atoms with Crippen LogP contribution in [0.4, 0.5) is 5.69 Å². The fourth-order valence-corrected chi connectivity index (χ4v) is 2.29. The molecule has 0 spiro atoms. The van der Waals surface area contributed by atoms with Crippen molar-refractivity contribution < 1.29 is 19.1 Å². The molecule has 2 aromatic rings. The van der Waals surface area contributed by atoms with Gasteiger partial charge in [0.25, 0.3) is 5.91 Å². The van der Waals surface area contributed by atoms with E-state index in [0.717, 1.165) is 12.0 Å². The monoisotopic (exact) mass is 347 g/mol. The van der Waals surface area contributed by atoms with Gasteiger partial charge in [-0.15, -0.1) is 0 Å². The molecule has 0 fully saturated rings. The van der Waals surface area contributed by atoms with Crippen LogP contribution < -0.4 is 10.1 Å². The molecule has 0 aliphatic carbocycles. The van der Waals surface area contributed by atoms with E-state index in [1.807, 2.05) is 25.1 Å². The number of amides is 1. The van der Waals surface area contributed by atoms with Crippen LogP contribution in [0.25, 0.3) is 0 Å². The zero-order valence-electron chi connectivity index (χ0n) is 13.5. The Morgan fingerprint density at radius 3 is 2.67 bits per heavy atom. The summed E-state index contributed by atoms with van der Waals surface area (Å²) >= 11 is 5.87. The van der Waals surface area contributed by atoms with Crippen molar-refractivity contribution in [3.8, 4) is 5.75 Å². The van der Waals surface area contributed by atoms with Crippen molar-refractivity contribution in [1.82, 2.24) is 0 Å². The second kappa shape index (κ2) is 8.36. The summed E-state index contributed by atoms with van der Waals surface area (Å²) in [6.45, 7) is 1.63. The third-order valence-electron chi connectivity index (χ3n) is 3.33. The Bertz CT molecular complexity index is 746. The smallest absolute Gasteiger partial charge is 0.342 e. The number of benzene rings is 2. The molecule has 0 heterocycles. The molecule has 0 saturated carbocycles. The highest BCUT2D eigenvalue weighted by molar-refractivity contribution is 6.31. The summed E-state index contributed by atoms with van der Waals surface area (Å²) in [7, 11) is 1.44. The zero-order chi connectivity index (χ0) is 17.5. The van der Waals surface area contributed by atoms with Gasteiger partial charge in [-0.2, -0.15) is 0 Å². The minimum atomic E-state index is -0.674. The first-order valence-electron chi connectivity index (χ1n) is 7.43. The highest BCUT2D eigenvalue weighted by Gasteiger charge is 2.16. The SMILES string of the molecule is CCc1cccc(NC(=O)COC(=O)c2cc(Cl)ccc2OC)c1. The molecule has 0 aliphatic heterocycles. The van der Waals surface area contributed by atoms with Gasteiger partial charge in [0.15, 0.2) is 6.61 Å². The normalized spacial score (nSPS) is 10.1. The van der Waals surface area contributed by atoms with Crippen molar-refractivity contribution in [2.75, 3.05) is 19.0 Å². The number of nitrogens with one attached hydrogen (secondary N) is 1. The number of hydrogen-bond acceptors (Lipinski definition) is 4. The Morgan fingerprint density at radius 2 is 1.96 bits per heavy atom. The predicted molar refractivity (Wildman–Crippen MR) is 92.7 cm³/mol. The molecule has 24 heavy (non-hydrogen) atoms. The molecule has 2 aromatic carbocycles. The lowest BCUT2D eigenvalue weighted by atomic mass is 10.1. The standard InChI is InChI=1S/C18H18ClNO4/c1-3-12-5-4-6-14(9-12)20-17(21)11-24-18(22)15-10-13(19)7-8-16(15)23-2/h4-10H,3,11H2,1-2H3,(H,20,21). The van der Waals surface area contributed by atoms with E-state index >= 15 is 0 Å². The first-order chi connectivity index (χ1) is 11.5. The molecule has 5 nitrogen and oxygen atoms in total. The number of hydrogen-bond donors (Lipinski definition) is 1. The second-order valence-electron chi connectivity index (χ2n) is 5.02. The number of methoxy groups -OCH3 is 1. The maximum absolute atomic E-state index is 12.1. The molecule has 0 bridgehead atoms. The molecule has 0 aliphatic rings. The van der Waals surface area contributed by atoms with Crippen LogP contribution >= 0.6 is 11.6 Å². The molecule has 0 unspecified atom stereocenters. The molecule has 1 N–H and O–H groups in total. The predicted octanol–water partition coefficient (Wildman–Crippen LogP) is 3.71. The summed E-state index contributed by atoms with van der Waals surface area (Å²) in [5.74, 6) is -0.759. The van der Waals surface area contributed by atoms with Gasteiger partial charge in [-0.1, -0.05) is 30.7 Å². The summed E-state index contributed by atoms with van der Waals surface area (Å²) in [6.07, 6.45) is 0.868. The summed E-state index contributed by atoms with van der Waals surface area (Å²) in [6, 6.07) is 12.1. The average molecular weight is 348 g/mol. The first-order valence-corrected chi connectivity index (χ1v) is 7.80. The Labute approximate surface area is 145 Å². The number of esters is 1. The van der Waals surface area contributed by atoms with Crippen LogP contribution in [-0.2, 0) is 16.0 Å². The molecule has 2 rings (SSSR count). The highest BCUT2D eigenvalue weighted by atomic mass is 35.5. The van der Waals surface area contributed by atoms with E-state index in [1.54, 1.807) is 18.2 Å². The van der Waals surface area contributed by atoms with E-state index in [9.17, 15) is 9.59 Å². The quantitative estimate of drug-likeness (QED) is 0.809. The lowest BCUT2D eigenvalue weighted by Gasteiger charge is -2.10. The van der Waals surface area contributed by atoms with E-state index < -0.39 is 18.5 Å². The fraction of sp³-hybridized carbons (Fsp3) is 0.222. The minimum Gasteiger partial charge on any atom is -0.496 e. The van der Waals surface area contributed by atoms with E-state index in [4.69, 9.17) is 21.1 Å².